The van der Waals surface area contributed by atoms with Crippen LogP contribution in [0, 0.1) is 5.92 Å². The Morgan fingerprint density at radius 2 is 0.794 bits per heavy atom. The van der Waals surface area contributed by atoms with Gasteiger partial charge in [-0.1, -0.05) is 44.2 Å². The summed E-state index contributed by atoms with van der Waals surface area (Å²) < 4.78 is 0. The number of nitrogens with zero attached hydrogens (tertiary/aromatic N) is 4. The molecule has 0 aliphatic heterocycles. The number of carbonyl (C=O) groups excluding carboxylic acids is 6. The standard InChI is InChI=1S/C42H77N19O7/c1-24(2)21-27(43)33(63)57-28(13-7-17-52-39(44)45)34(64)58-29(14-8-18-53-40(46)47)35(65)59-30(15-9-19-54-41(48)49)36(66)60-31(16-10-20-55-42(50)51)37(67)61-32(38(68)56-25(3)23-62)22-26-11-5-4-6-12-26/h4-6,11-12,24-25,27-32,62H,7-10,13-23,43H2,1-3H3,(H,56,68)(H,57,63)(H,58,64)(H,59,65)(H,60,66)(H,61,67)(H4,44,45,52)(H4,46,47,53)(H4,48,49,54)(H4,50,51,55)/t25-,27+,28+,29+,30+,31+,32+/m1/s1. The third kappa shape index (κ3) is 26.3. The Labute approximate surface area is 397 Å². The van der Waals surface area contributed by atoms with Gasteiger partial charge in [-0.2, -0.15) is 0 Å². The van der Waals surface area contributed by atoms with E-state index in [0.29, 0.717) is 6.42 Å². The molecule has 26 heteroatoms. The highest BCUT2D eigenvalue weighted by molar-refractivity contribution is 5.96. The van der Waals surface area contributed by atoms with E-state index in [0.717, 1.165) is 5.56 Å². The number of rotatable bonds is 33. The number of nitrogens with one attached hydrogen (secondary N) is 6. The molecule has 0 fully saturated rings. The maximum Gasteiger partial charge on any atom is 0.243 e. The molecule has 7 atom stereocenters. The number of carbonyl (C=O) groups is 6. The molecular weight excluding hydrogens is 883 g/mol. The fraction of sp³-hybridized carbons (Fsp3) is 0.619. The first kappa shape index (κ1) is 59.1. The molecule has 382 valence electrons. The van der Waals surface area contributed by atoms with E-state index >= 15 is 0 Å². The lowest BCUT2D eigenvalue weighted by Gasteiger charge is -2.28. The zero-order chi connectivity index (χ0) is 51.2. The van der Waals surface area contributed by atoms with Crippen molar-refractivity contribution in [3.8, 4) is 0 Å². The van der Waals surface area contributed by atoms with Crippen molar-refractivity contribution in [1.29, 1.82) is 0 Å². The van der Waals surface area contributed by atoms with Crippen LogP contribution in [0.1, 0.15) is 84.1 Å². The minimum Gasteiger partial charge on any atom is -0.394 e. The van der Waals surface area contributed by atoms with E-state index in [9.17, 15) is 33.9 Å². The molecule has 0 saturated heterocycles. The second-order valence-electron chi connectivity index (χ2n) is 16.6. The van der Waals surface area contributed by atoms with Gasteiger partial charge in [0, 0.05) is 38.6 Å². The normalized spacial score (nSPS) is 13.9. The van der Waals surface area contributed by atoms with E-state index < -0.39 is 77.7 Å². The van der Waals surface area contributed by atoms with Gasteiger partial charge in [-0.3, -0.25) is 48.7 Å². The van der Waals surface area contributed by atoms with E-state index in [2.05, 4.69) is 51.9 Å². The fourth-order valence-corrected chi connectivity index (χ4v) is 6.52. The van der Waals surface area contributed by atoms with E-state index in [4.69, 9.17) is 51.6 Å². The van der Waals surface area contributed by atoms with Crippen molar-refractivity contribution in [2.24, 2.45) is 77.5 Å². The number of hydrogen-bond donors (Lipinski definition) is 16. The minimum atomic E-state index is -1.35. The van der Waals surface area contributed by atoms with Gasteiger partial charge in [-0.15, -0.1) is 0 Å². The predicted octanol–water partition coefficient (Wildman–Crippen LogP) is -5.26. The van der Waals surface area contributed by atoms with E-state index in [1.54, 1.807) is 37.3 Å². The van der Waals surface area contributed by atoms with Crippen LogP contribution in [-0.2, 0) is 35.2 Å². The van der Waals surface area contributed by atoms with Gasteiger partial charge in [0.2, 0.25) is 35.4 Å². The number of aliphatic hydroxyl groups excluding tert-OH is 1. The molecule has 0 radical (unpaired) electrons. The Hall–Kier alpha value is -6.96. The van der Waals surface area contributed by atoms with Gasteiger partial charge in [0.05, 0.1) is 12.6 Å². The van der Waals surface area contributed by atoms with Crippen LogP contribution in [0.4, 0.5) is 0 Å². The largest absolute Gasteiger partial charge is 0.394 e. The Kier molecular flexibility index (Phi) is 28.4. The van der Waals surface area contributed by atoms with Crippen molar-refractivity contribution >= 4 is 59.3 Å². The maximum atomic E-state index is 14.3. The molecule has 0 aromatic heterocycles. The summed E-state index contributed by atoms with van der Waals surface area (Å²) in [6, 6.07) is 1.05. The fourth-order valence-electron chi connectivity index (χ4n) is 6.52. The van der Waals surface area contributed by atoms with E-state index in [1.807, 2.05) is 13.8 Å². The highest BCUT2D eigenvalue weighted by Gasteiger charge is 2.33. The highest BCUT2D eigenvalue weighted by atomic mass is 16.3. The lowest BCUT2D eigenvalue weighted by molar-refractivity contribution is -0.135. The van der Waals surface area contributed by atoms with Crippen molar-refractivity contribution in [2.75, 3.05) is 32.8 Å². The van der Waals surface area contributed by atoms with Gasteiger partial charge < -0.3 is 88.6 Å². The Morgan fingerprint density at radius 1 is 0.485 bits per heavy atom. The van der Waals surface area contributed by atoms with Gasteiger partial charge >= 0.3 is 0 Å². The summed E-state index contributed by atoms with van der Waals surface area (Å²) in [5.74, 6) is -4.95. The smallest absolute Gasteiger partial charge is 0.243 e. The summed E-state index contributed by atoms with van der Waals surface area (Å²) in [6.45, 7) is 5.37. The maximum absolute atomic E-state index is 14.3. The van der Waals surface area contributed by atoms with Crippen molar-refractivity contribution in [1.82, 2.24) is 31.9 Å². The molecule has 1 rings (SSSR count). The molecule has 6 amide bonds. The van der Waals surface area contributed by atoms with Gasteiger partial charge in [0.25, 0.3) is 0 Å². The first-order valence-corrected chi connectivity index (χ1v) is 22.6. The molecule has 0 saturated carbocycles. The molecule has 0 aliphatic carbocycles. The molecule has 25 N–H and O–H groups in total. The third-order valence-electron chi connectivity index (χ3n) is 9.95. The number of benzene rings is 1. The summed E-state index contributed by atoms with van der Waals surface area (Å²) >= 11 is 0. The number of amides is 6. The second kappa shape index (κ2) is 32.7. The zero-order valence-electron chi connectivity index (χ0n) is 39.5. The first-order valence-electron chi connectivity index (χ1n) is 22.6. The van der Waals surface area contributed by atoms with E-state index in [1.165, 1.54) is 0 Å². The summed E-state index contributed by atoms with van der Waals surface area (Å²) in [7, 11) is 0. The molecule has 0 bridgehead atoms. The van der Waals surface area contributed by atoms with E-state index in [-0.39, 0.29) is 120 Å². The van der Waals surface area contributed by atoms with Crippen molar-refractivity contribution in [2.45, 2.75) is 127 Å². The van der Waals surface area contributed by atoms with Gasteiger partial charge in [-0.25, -0.2) is 0 Å². The average molecular weight is 960 g/mol. The second-order valence-corrected chi connectivity index (χ2v) is 16.6. The number of nitrogens with two attached hydrogens (primary N) is 9. The molecule has 1 aromatic carbocycles. The van der Waals surface area contributed by atoms with Crippen LogP contribution in [0.25, 0.3) is 0 Å². The topological polar surface area (TPSA) is 478 Å². The molecule has 26 nitrogen and oxygen atoms in total. The van der Waals surface area contributed by atoms with Crippen molar-refractivity contribution in [3.63, 3.8) is 0 Å². The van der Waals surface area contributed by atoms with Crippen LogP contribution < -0.4 is 83.5 Å². The van der Waals surface area contributed by atoms with Crippen molar-refractivity contribution in [3.05, 3.63) is 35.9 Å². The zero-order valence-corrected chi connectivity index (χ0v) is 39.5. The number of hydrogen-bond acceptors (Lipinski definition) is 12. The Balaban J connectivity index is 3.63. The minimum absolute atomic E-state index is 0.0175. The molecule has 0 heterocycles. The molecule has 1 aromatic rings. The molecular formula is C42H77N19O7. The quantitative estimate of drug-likeness (QED) is 0.0178. The molecule has 0 spiro atoms. The summed E-state index contributed by atoms with van der Waals surface area (Å²) in [5, 5.41) is 25.8. The van der Waals surface area contributed by atoms with Gasteiger partial charge in [-0.05, 0) is 76.2 Å². The summed E-state index contributed by atoms with van der Waals surface area (Å²) in [5.41, 5.74) is 50.9. The van der Waals surface area contributed by atoms with Crippen LogP contribution in [-0.4, -0.2) is 139 Å². The predicted molar refractivity (Wildman–Crippen MR) is 262 cm³/mol. The number of aliphatic hydroxyl groups is 1. The van der Waals surface area contributed by atoms with Gasteiger partial charge in [0.1, 0.15) is 30.2 Å². The first-order chi connectivity index (χ1) is 32.1. The SMILES string of the molecule is CC(C)C[C@H](N)C(=O)N[C@@H](CCCN=C(N)N)C(=O)N[C@@H](CCCN=C(N)N)C(=O)N[C@@H](CCCN=C(N)N)C(=O)N[C@@H](CCCN=C(N)N)C(=O)N[C@@H](Cc1ccccc1)C(=O)N[C@H](C)CO. The molecule has 0 aliphatic rings. The lowest BCUT2D eigenvalue weighted by atomic mass is 10.0. The monoisotopic (exact) mass is 960 g/mol. The van der Waals surface area contributed by atoms with Crippen LogP contribution in [0.2, 0.25) is 0 Å². The third-order valence-corrected chi connectivity index (χ3v) is 9.95. The van der Waals surface area contributed by atoms with Crippen LogP contribution in [0.5, 0.6) is 0 Å². The number of aliphatic imine (C=N–C) groups is 4. The lowest BCUT2D eigenvalue weighted by Crippen LogP contribution is -2.60. The van der Waals surface area contributed by atoms with Crippen LogP contribution in [0.3, 0.4) is 0 Å². The summed E-state index contributed by atoms with van der Waals surface area (Å²) in [4.78, 5) is 99.1. The Bertz CT molecular complexity index is 1850. The summed E-state index contributed by atoms with van der Waals surface area (Å²) in [6.07, 6.45) is 1.17. The Morgan fingerprint density at radius 3 is 1.10 bits per heavy atom. The average Bonchev–Trinajstić information content (AvgIpc) is 3.26. The molecule has 0 unspecified atom stereocenters. The number of guanidine groups is 4. The van der Waals surface area contributed by atoms with Crippen LogP contribution >= 0.6 is 0 Å². The van der Waals surface area contributed by atoms with Crippen molar-refractivity contribution < 1.29 is 33.9 Å². The van der Waals surface area contributed by atoms with Crippen LogP contribution in [0.15, 0.2) is 50.3 Å². The molecule has 68 heavy (non-hydrogen) atoms. The van der Waals surface area contributed by atoms with Gasteiger partial charge in [0.15, 0.2) is 23.8 Å². The highest BCUT2D eigenvalue weighted by Crippen LogP contribution is 2.11.